The summed E-state index contributed by atoms with van der Waals surface area (Å²) in [5.74, 6) is 1.04. The van der Waals surface area contributed by atoms with Crippen molar-refractivity contribution in [3.05, 3.63) is 35.9 Å². The third-order valence-corrected chi connectivity index (χ3v) is 3.67. The molecule has 1 heteroatoms. The summed E-state index contributed by atoms with van der Waals surface area (Å²) >= 11 is 0. The molecule has 94 valence electrons. The van der Waals surface area contributed by atoms with Crippen LogP contribution in [-0.4, -0.2) is 12.6 Å². The lowest BCUT2D eigenvalue weighted by Crippen LogP contribution is -2.29. The zero-order valence-corrected chi connectivity index (χ0v) is 11.0. The molecule has 1 aliphatic rings. The molecule has 1 aliphatic carbocycles. The average Bonchev–Trinajstić information content (AvgIpc) is 3.15. The molecule has 0 heterocycles. The number of aryl methyl sites for hydroxylation is 1. The number of hydrogen-bond donors (Lipinski definition) is 1. The smallest absolute Gasteiger partial charge is 0.00696 e. The van der Waals surface area contributed by atoms with Crippen LogP contribution in [0.25, 0.3) is 0 Å². The standard InChI is InChI=1S/C16H25N/c1-2-17-16(13-15-11-12-15)10-6-9-14-7-4-3-5-8-14/h3-5,7-8,15-17H,2,6,9-13H2,1H3. The summed E-state index contributed by atoms with van der Waals surface area (Å²) in [6.45, 7) is 3.33. The minimum absolute atomic E-state index is 0.760. The fraction of sp³-hybridized carbons (Fsp3) is 0.625. The molecule has 0 saturated heterocycles. The van der Waals surface area contributed by atoms with E-state index in [1.54, 1.807) is 0 Å². The average molecular weight is 231 g/mol. The molecule has 0 aromatic heterocycles. The van der Waals surface area contributed by atoms with E-state index in [0.717, 1.165) is 18.5 Å². The van der Waals surface area contributed by atoms with Gasteiger partial charge in [-0.3, -0.25) is 0 Å². The van der Waals surface area contributed by atoms with E-state index in [0.29, 0.717) is 0 Å². The Morgan fingerprint density at radius 1 is 1.24 bits per heavy atom. The van der Waals surface area contributed by atoms with Gasteiger partial charge >= 0.3 is 0 Å². The second-order valence-electron chi connectivity index (χ2n) is 5.31. The third-order valence-electron chi connectivity index (χ3n) is 3.67. The highest BCUT2D eigenvalue weighted by molar-refractivity contribution is 5.14. The maximum absolute atomic E-state index is 3.64. The van der Waals surface area contributed by atoms with E-state index in [9.17, 15) is 0 Å². The zero-order valence-electron chi connectivity index (χ0n) is 11.0. The van der Waals surface area contributed by atoms with Crippen molar-refractivity contribution in [3.63, 3.8) is 0 Å². The molecule has 17 heavy (non-hydrogen) atoms. The molecule has 0 aliphatic heterocycles. The van der Waals surface area contributed by atoms with Gasteiger partial charge in [0.1, 0.15) is 0 Å². The van der Waals surface area contributed by atoms with Crippen molar-refractivity contribution in [2.45, 2.75) is 51.5 Å². The van der Waals surface area contributed by atoms with Crippen molar-refractivity contribution in [1.82, 2.24) is 5.32 Å². The molecular weight excluding hydrogens is 206 g/mol. The van der Waals surface area contributed by atoms with Gasteiger partial charge in [-0.05, 0) is 43.7 Å². The number of rotatable bonds is 8. The minimum Gasteiger partial charge on any atom is -0.314 e. The van der Waals surface area contributed by atoms with Crippen LogP contribution in [0.15, 0.2) is 30.3 Å². The van der Waals surface area contributed by atoms with Crippen molar-refractivity contribution in [1.29, 1.82) is 0 Å². The fourth-order valence-electron chi connectivity index (χ4n) is 2.55. The molecular formula is C16H25N. The van der Waals surface area contributed by atoms with Gasteiger partial charge in [-0.1, -0.05) is 50.1 Å². The highest BCUT2D eigenvalue weighted by Gasteiger charge is 2.24. The summed E-state index contributed by atoms with van der Waals surface area (Å²) < 4.78 is 0. The summed E-state index contributed by atoms with van der Waals surface area (Å²) in [4.78, 5) is 0. The molecule has 1 nitrogen and oxygen atoms in total. The van der Waals surface area contributed by atoms with Crippen LogP contribution in [0.2, 0.25) is 0 Å². The van der Waals surface area contributed by atoms with Gasteiger partial charge in [0, 0.05) is 6.04 Å². The van der Waals surface area contributed by atoms with Gasteiger partial charge in [0.15, 0.2) is 0 Å². The molecule has 1 aromatic rings. The van der Waals surface area contributed by atoms with Crippen molar-refractivity contribution < 1.29 is 0 Å². The van der Waals surface area contributed by atoms with Gasteiger partial charge in [-0.2, -0.15) is 0 Å². The second kappa shape index (κ2) is 6.80. The van der Waals surface area contributed by atoms with Gasteiger partial charge in [0.05, 0.1) is 0 Å². The maximum atomic E-state index is 3.64. The van der Waals surface area contributed by atoms with Crippen molar-refractivity contribution >= 4 is 0 Å². The first kappa shape index (κ1) is 12.6. The normalized spacial score (nSPS) is 17.0. The first-order chi connectivity index (χ1) is 8.38. The molecule has 1 saturated carbocycles. The van der Waals surface area contributed by atoms with Gasteiger partial charge in [-0.15, -0.1) is 0 Å². The molecule has 0 bridgehead atoms. The van der Waals surface area contributed by atoms with E-state index in [1.807, 2.05) is 0 Å². The maximum Gasteiger partial charge on any atom is 0.00696 e. The molecule has 0 amide bonds. The van der Waals surface area contributed by atoms with Crippen LogP contribution in [0, 0.1) is 5.92 Å². The van der Waals surface area contributed by atoms with Crippen LogP contribution >= 0.6 is 0 Å². The van der Waals surface area contributed by atoms with Gasteiger partial charge in [0.2, 0.25) is 0 Å². The van der Waals surface area contributed by atoms with Crippen LogP contribution in [0.5, 0.6) is 0 Å². The van der Waals surface area contributed by atoms with Gasteiger partial charge in [0.25, 0.3) is 0 Å². The molecule has 1 N–H and O–H groups in total. The fourth-order valence-corrected chi connectivity index (χ4v) is 2.55. The van der Waals surface area contributed by atoms with Crippen LogP contribution < -0.4 is 5.32 Å². The number of nitrogens with one attached hydrogen (secondary N) is 1. The van der Waals surface area contributed by atoms with Crippen LogP contribution in [0.4, 0.5) is 0 Å². The Kier molecular flexibility index (Phi) is 5.06. The predicted octanol–water partition coefficient (Wildman–Crippen LogP) is 3.79. The van der Waals surface area contributed by atoms with Crippen LogP contribution in [-0.2, 0) is 6.42 Å². The summed E-state index contributed by atoms with van der Waals surface area (Å²) in [6, 6.07) is 11.6. The SMILES string of the molecule is CCNC(CCCc1ccccc1)CC1CC1. The summed E-state index contributed by atoms with van der Waals surface area (Å²) in [5.41, 5.74) is 1.48. The largest absolute Gasteiger partial charge is 0.314 e. The lowest BCUT2D eigenvalue weighted by Gasteiger charge is -2.17. The molecule has 2 rings (SSSR count). The summed E-state index contributed by atoms with van der Waals surface area (Å²) in [6.07, 6.45) is 8.23. The third kappa shape index (κ3) is 4.91. The van der Waals surface area contributed by atoms with Crippen molar-refractivity contribution in [3.8, 4) is 0 Å². The van der Waals surface area contributed by atoms with Crippen LogP contribution in [0.3, 0.4) is 0 Å². The van der Waals surface area contributed by atoms with E-state index in [1.165, 1.54) is 44.1 Å². The first-order valence-corrected chi connectivity index (χ1v) is 7.15. The number of hydrogen-bond acceptors (Lipinski definition) is 1. The Morgan fingerprint density at radius 2 is 2.00 bits per heavy atom. The van der Waals surface area contributed by atoms with Crippen LogP contribution in [0.1, 0.15) is 44.6 Å². The highest BCUT2D eigenvalue weighted by atomic mass is 14.9. The quantitative estimate of drug-likeness (QED) is 0.718. The molecule has 1 atom stereocenters. The predicted molar refractivity (Wildman–Crippen MR) is 74.2 cm³/mol. The van der Waals surface area contributed by atoms with E-state index < -0.39 is 0 Å². The van der Waals surface area contributed by atoms with E-state index in [2.05, 4.69) is 42.6 Å². The zero-order chi connectivity index (χ0) is 11.9. The molecule has 1 aromatic carbocycles. The van der Waals surface area contributed by atoms with Crippen molar-refractivity contribution in [2.75, 3.05) is 6.54 Å². The minimum atomic E-state index is 0.760. The summed E-state index contributed by atoms with van der Waals surface area (Å²) in [5, 5.41) is 3.64. The van der Waals surface area contributed by atoms with Gasteiger partial charge in [-0.25, -0.2) is 0 Å². The van der Waals surface area contributed by atoms with E-state index in [-0.39, 0.29) is 0 Å². The molecule has 1 fully saturated rings. The van der Waals surface area contributed by atoms with E-state index in [4.69, 9.17) is 0 Å². The molecule has 0 radical (unpaired) electrons. The Hall–Kier alpha value is -0.820. The Balaban J connectivity index is 1.67. The monoisotopic (exact) mass is 231 g/mol. The molecule has 1 unspecified atom stereocenters. The number of benzene rings is 1. The van der Waals surface area contributed by atoms with Gasteiger partial charge < -0.3 is 5.32 Å². The lowest BCUT2D eigenvalue weighted by atomic mass is 10.0. The van der Waals surface area contributed by atoms with E-state index >= 15 is 0 Å². The Labute approximate surface area is 106 Å². The second-order valence-corrected chi connectivity index (χ2v) is 5.31. The van der Waals surface area contributed by atoms with Crippen molar-refractivity contribution in [2.24, 2.45) is 5.92 Å². The molecule has 0 spiro atoms. The Bertz CT molecular complexity index is 303. The Morgan fingerprint density at radius 3 is 2.65 bits per heavy atom. The summed E-state index contributed by atoms with van der Waals surface area (Å²) in [7, 11) is 0. The first-order valence-electron chi connectivity index (χ1n) is 7.15. The topological polar surface area (TPSA) is 12.0 Å². The highest BCUT2D eigenvalue weighted by Crippen LogP contribution is 2.34. The lowest BCUT2D eigenvalue weighted by molar-refractivity contribution is 0.431.